The number of carbonyl (C=O) groups excluding carboxylic acids is 1. The average molecular weight is 270 g/mol. The number of carbonyl (C=O) groups is 1. The van der Waals surface area contributed by atoms with Crippen molar-refractivity contribution in [1.29, 1.82) is 0 Å². The van der Waals surface area contributed by atoms with Gasteiger partial charge in [-0.25, -0.2) is 4.79 Å². The van der Waals surface area contributed by atoms with Crippen molar-refractivity contribution < 1.29 is 14.6 Å². The zero-order valence-corrected chi connectivity index (χ0v) is 11.2. The van der Waals surface area contributed by atoms with Crippen LogP contribution < -0.4 is 5.32 Å². The topological polar surface area (TPSA) is 47.6 Å². The summed E-state index contributed by atoms with van der Waals surface area (Å²) < 4.78 is 0. The Hall–Kier alpha value is -1.10. The SMILES string of the molecule is COOC(=O)c1ccc(C2CCCN2)c(Cl)c1C. The highest BCUT2D eigenvalue weighted by atomic mass is 35.5. The molecule has 1 aliphatic heterocycles. The van der Waals surface area contributed by atoms with Crippen molar-refractivity contribution in [3.05, 3.63) is 33.8 Å². The molecular weight excluding hydrogens is 254 g/mol. The summed E-state index contributed by atoms with van der Waals surface area (Å²) in [6.07, 6.45) is 2.22. The maximum atomic E-state index is 11.6. The molecule has 0 amide bonds. The lowest BCUT2D eigenvalue weighted by atomic mass is 9.99. The van der Waals surface area contributed by atoms with Crippen molar-refractivity contribution in [3.8, 4) is 0 Å². The summed E-state index contributed by atoms with van der Waals surface area (Å²) >= 11 is 6.33. The first kappa shape index (κ1) is 13.3. The van der Waals surface area contributed by atoms with E-state index in [9.17, 15) is 4.79 Å². The molecule has 5 heteroatoms. The molecule has 0 aliphatic carbocycles. The first-order chi connectivity index (χ1) is 8.65. The highest BCUT2D eigenvalue weighted by Crippen LogP contribution is 2.32. The second-order valence-electron chi connectivity index (χ2n) is 4.33. The standard InChI is InChI=1S/C13H16ClNO3/c1-8-9(13(16)18-17-2)5-6-10(12(8)14)11-4-3-7-15-11/h5-6,11,15H,3-4,7H2,1-2H3. The summed E-state index contributed by atoms with van der Waals surface area (Å²) in [5.74, 6) is -0.525. The Balaban J connectivity index is 2.31. The summed E-state index contributed by atoms with van der Waals surface area (Å²) in [7, 11) is 1.30. The maximum Gasteiger partial charge on any atom is 0.373 e. The molecule has 2 rings (SSSR count). The second kappa shape index (κ2) is 5.69. The molecule has 0 aromatic heterocycles. The molecule has 1 unspecified atom stereocenters. The van der Waals surface area contributed by atoms with E-state index in [2.05, 4.69) is 15.1 Å². The van der Waals surface area contributed by atoms with Crippen molar-refractivity contribution in [2.24, 2.45) is 0 Å². The largest absolute Gasteiger partial charge is 0.373 e. The van der Waals surface area contributed by atoms with E-state index in [1.54, 1.807) is 6.07 Å². The fourth-order valence-electron chi connectivity index (χ4n) is 2.27. The number of benzene rings is 1. The van der Waals surface area contributed by atoms with E-state index in [-0.39, 0.29) is 6.04 Å². The molecule has 98 valence electrons. The van der Waals surface area contributed by atoms with Crippen LogP contribution in [0.5, 0.6) is 0 Å². The van der Waals surface area contributed by atoms with E-state index in [0.29, 0.717) is 10.6 Å². The molecule has 1 aliphatic rings. The molecule has 1 heterocycles. The van der Waals surface area contributed by atoms with Gasteiger partial charge in [-0.3, -0.25) is 4.89 Å². The molecule has 4 nitrogen and oxygen atoms in total. The number of hydrogen-bond acceptors (Lipinski definition) is 4. The van der Waals surface area contributed by atoms with Crippen LogP contribution in [0, 0.1) is 6.92 Å². The third-order valence-corrected chi connectivity index (χ3v) is 3.73. The van der Waals surface area contributed by atoms with Crippen LogP contribution in [0.15, 0.2) is 12.1 Å². The molecule has 0 spiro atoms. The number of hydrogen-bond donors (Lipinski definition) is 1. The average Bonchev–Trinajstić information content (AvgIpc) is 2.86. The Morgan fingerprint density at radius 3 is 2.89 bits per heavy atom. The Bertz CT molecular complexity index is 456. The molecule has 0 saturated carbocycles. The third-order valence-electron chi connectivity index (χ3n) is 3.23. The maximum absolute atomic E-state index is 11.6. The van der Waals surface area contributed by atoms with Gasteiger partial charge in [0.05, 0.1) is 12.7 Å². The van der Waals surface area contributed by atoms with Crippen molar-refractivity contribution in [3.63, 3.8) is 0 Å². The van der Waals surface area contributed by atoms with Crippen molar-refractivity contribution >= 4 is 17.6 Å². The highest BCUT2D eigenvalue weighted by molar-refractivity contribution is 6.32. The van der Waals surface area contributed by atoms with Crippen molar-refractivity contribution in [2.45, 2.75) is 25.8 Å². The van der Waals surface area contributed by atoms with E-state index in [4.69, 9.17) is 11.6 Å². The lowest BCUT2D eigenvalue weighted by molar-refractivity contribution is -0.216. The molecular formula is C13H16ClNO3. The van der Waals surface area contributed by atoms with Gasteiger partial charge in [-0.05, 0) is 43.5 Å². The van der Waals surface area contributed by atoms with Crippen LogP contribution in [0.2, 0.25) is 5.02 Å². The zero-order valence-electron chi connectivity index (χ0n) is 10.5. The van der Waals surface area contributed by atoms with Crippen LogP contribution in [-0.2, 0) is 9.78 Å². The Morgan fingerprint density at radius 1 is 1.50 bits per heavy atom. The third kappa shape index (κ3) is 2.51. The quantitative estimate of drug-likeness (QED) is 0.677. The lowest BCUT2D eigenvalue weighted by Gasteiger charge is -2.15. The summed E-state index contributed by atoms with van der Waals surface area (Å²) in [6, 6.07) is 3.89. The Morgan fingerprint density at radius 2 is 2.28 bits per heavy atom. The summed E-state index contributed by atoms with van der Waals surface area (Å²) in [4.78, 5) is 20.5. The first-order valence-corrected chi connectivity index (χ1v) is 6.30. The molecule has 1 aromatic carbocycles. The van der Waals surface area contributed by atoms with Crippen molar-refractivity contribution in [1.82, 2.24) is 5.32 Å². The fourth-order valence-corrected chi connectivity index (χ4v) is 2.56. The number of rotatable bonds is 3. The highest BCUT2D eigenvalue weighted by Gasteiger charge is 2.22. The molecule has 1 aromatic rings. The Kier molecular flexibility index (Phi) is 4.22. The monoisotopic (exact) mass is 269 g/mol. The van der Waals surface area contributed by atoms with Crippen LogP contribution in [0.25, 0.3) is 0 Å². The van der Waals surface area contributed by atoms with E-state index < -0.39 is 5.97 Å². The van der Waals surface area contributed by atoms with E-state index in [0.717, 1.165) is 30.5 Å². The molecule has 1 N–H and O–H groups in total. The predicted octanol–water partition coefficient (Wildman–Crippen LogP) is 2.79. The predicted molar refractivity (Wildman–Crippen MR) is 68.6 cm³/mol. The summed E-state index contributed by atoms with van der Waals surface area (Å²) in [6.45, 7) is 2.82. The minimum atomic E-state index is -0.525. The van der Waals surface area contributed by atoms with Crippen LogP contribution in [-0.4, -0.2) is 19.6 Å². The van der Waals surface area contributed by atoms with Gasteiger partial charge in [-0.15, -0.1) is 0 Å². The van der Waals surface area contributed by atoms with Gasteiger partial charge < -0.3 is 5.32 Å². The normalized spacial score (nSPS) is 18.9. The molecule has 0 radical (unpaired) electrons. The molecule has 1 saturated heterocycles. The molecule has 18 heavy (non-hydrogen) atoms. The molecule has 1 fully saturated rings. The van der Waals surface area contributed by atoms with Gasteiger partial charge in [0, 0.05) is 11.1 Å². The van der Waals surface area contributed by atoms with Gasteiger partial charge in [0.1, 0.15) is 0 Å². The van der Waals surface area contributed by atoms with Gasteiger partial charge in [-0.2, -0.15) is 4.89 Å². The van der Waals surface area contributed by atoms with Gasteiger partial charge >= 0.3 is 5.97 Å². The second-order valence-corrected chi connectivity index (χ2v) is 4.71. The van der Waals surface area contributed by atoms with Gasteiger partial charge in [0.2, 0.25) is 0 Å². The van der Waals surface area contributed by atoms with Gasteiger partial charge in [0.25, 0.3) is 0 Å². The van der Waals surface area contributed by atoms with E-state index in [1.807, 2.05) is 13.0 Å². The van der Waals surface area contributed by atoms with Crippen LogP contribution in [0.1, 0.15) is 40.4 Å². The summed E-state index contributed by atoms with van der Waals surface area (Å²) in [5, 5.41) is 4.01. The van der Waals surface area contributed by atoms with Crippen LogP contribution >= 0.6 is 11.6 Å². The van der Waals surface area contributed by atoms with Crippen LogP contribution in [0.3, 0.4) is 0 Å². The Labute approximate surface area is 111 Å². The fraction of sp³-hybridized carbons (Fsp3) is 0.462. The summed E-state index contributed by atoms with van der Waals surface area (Å²) in [5.41, 5.74) is 2.20. The van der Waals surface area contributed by atoms with Gasteiger partial charge in [-0.1, -0.05) is 17.7 Å². The minimum Gasteiger partial charge on any atom is -0.310 e. The minimum absolute atomic E-state index is 0.281. The molecule has 1 atom stereocenters. The number of nitrogens with one attached hydrogen (secondary N) is 1. The van der Waals surface area contributed by atoms with Gasteiger partial charge in [0.15, 0.2) is 0 Å². The number of halogens is 1. The smallest absolute Gasteiger partial charge is 0.310 e. The van der Waals surface area contributed by atoms with Crippen LogP contribution in [0.4, 0.5) is 0 Å². The first-order valence-electron chi connectivity index (χ1n) is 5.92. The van der Waals surface area contributed by atoms with E-state index >= 15 is 0 Å². The zero-order chi connectivity index (χ0) is 13.1. The van der Waals surface area contributed by atoms with Crippen molar-refractivity contribution in [2.75, 3.05) is 13.7 Å². The molecule has 0 bridgehead atoms. The van der Waals surface area contributed by atoms with E-state index in [1.165, 1.54) is 7.11 Å². The lowest BCUT2D eigenvalue weighted by Crippen LogP contribution is -2.15.